The van der Waals surface area contributed by atoms with Crippen molar-refractivity contribution in [2.24, 2.45) is 0 Å². The summed E-state index contributed by atoms with van der Waals surface area (Å²) in [5.41, 5.74) is 0. The van der Waals surface area contributed by atoms with Crippen LogP contribution in [0, 0.1) is 0 Å². The second-order valence-corrected chi connectivity index (χ2v) is 3.33. The molecule has 1 rings (SSSR count). The molecule has 0 saturated heterocycles. The van der Waals surface area contributed by atoms with Crippen molar-refractivity contribution in [3.05, 3.63) is 12.0 Å². The van der Waals surface area contributed by atoms with Gasteiger partial charge in [-0.05, 0) is 5.75 Å². The lowest BCUT2D eigenvalue weighted by Crippen LogP contribution is -2.06. The lowest BCUT2D eigenvalue weighted by atomic mass is 10.6. The monoisotopic (exact) mass is 196 g/mol. The standard InChI is InChI=1S/C6H7F3N2S/c1-2-12-4-3-10-5(11-4)6(7,8)9/h3H,2H2,1H3,(H,10,11). The van der Waals surface area contributed by atoms with E-state index in [-0.39, 0.29) is 0 Å². The predicted molar refractivity (Wildman–Crippen MR) is 40.0 cm³/mol. The molecule has 0 spiro atoms. The minimum atomic E-state index is -4.37. The van der Waals surface area contributed by atoms with Crippen LogP contribution in [0.5, 0.6) is 0 Å². The van der Waals surface area contributed by atoms with E-state index in [0.717, 1.165) is 5.75 Å². The Balaban J connectivity index is 2.77. The Kier molecular flexibility index (Phi) is 2.66. The van der Waals surface area contributed by atoms with E-state index in [0.29, 0.717) is 5.03 Å². The molecule has 0 radical (unpaired) electrons. The molecule has 68 valence electrons. The summed E-state index contributed by atoms with van der Waals surface area (Å²) in [7, 11) is 0. The van der Waals surface area contributed by atoms with Crippen LogP contribution < -0.4 is 0 Å². The minimum absolute atomic E-state index is 0.449. The lowest BCUT2D eigenvalue weighted by Gasteiger charge is -1.99. The molecule has 1 aromatic rings. The molecule has 0 aliphatic heterocycles. The molecule has 2 nitrogen and oxygen atoms in total. The van der Waals surface area contributed by atoms with Gasteiger partial charge in [-0.25, -0.2) is 4.98 Å². The number of imidazole rings is 1. The van der Waals surface area contributed by atoms with Crippen LogP contribution in [0.4, 0.5) is 13.2 Å². The largest absolute Gasteiger partial charge is 0.449 e. The molecular formula is C6H7F3N2S. The number of hydrogen-bond acceptors (Lipinski definition) is 2. The Morgan fingerprint density at radius 2 is 2.25 bits per heavy atom. The maximum Gasteiger partial charge on any atom is 0.449 e. The Morgan fingerprint density at radius 1 is 1.58 bits per heavy atom. The predicted octanol–water partition coefficient (Wildman–Crippen LogP) is 2.54. The number of halogens is 3. The van der Waals surface area contributed by atoms with E-state index in [1.807, 2.05) is 6.92 Å². The maximum atomic E-state index is 11.9. The molecule has 0 unspecified atom stereocenters. The van der Waals surface area contributed by atoms with Crippen molar-refractivity contribution < 1.29 is 13.2 Å². The van der Waals surface area contributed by atoms with E-state index >= 15 is 0 Å². The average molecular weight is 196 g/mol. The first-order chi connectivity index (χ1) is 5.54. The van der Waals surface area contributed by atoms with Crippen LogP contribution >= 0.6 is 11.8 Å². The fourth-order valence-corrected chi connectivity index (χ4v) is 1.28. The molecule has 0 aromatic carbocycles. The Labute approximate surface area is 71.6 Å². The van der Waals surface area contributed by atoms with Gasteiger partial charge in [0.1, 0.15) is 0 Å². The Morgan fingerprint density at radius 3 is 2.67 bits per heavy atom. The number of thioether (sulfide) groups is 1. The molecule has 1 heterocycles. The third kappa shape index (κ3) is 2.17. The summed E-state index contributed by atoms with van der Waals surface area (Å²) in [5.74, 6) is -0.210. The van der Waals surface area contributed by atoms with E-state index in [1.54, 1.807) is 0 Å². The van der Waals surface area contributed by atoms with Gasteiger partial charge in [0.05, 0.1) is 11.2 Å². The highest BCUT2D eigenvalue weighted by Crippen LogP contribution is 2.28. The van der Waals surface area contributed by atoms with Crippen LogP contribution in [0.2, 0.25) is 0 Å². The first-order valence-electron chi connectivity index (χ1n) is 3.29. The fourth-order valence-electron chi connectivity index (χ4n) is 0.677. The van der Waals surface area contributed by atoms with Gasteiger partial charge < -0.3 is 4.98 Å². The molecule has 0 aliphatic rings. The first kappa shape index (κ1) is 9.44. The van der Waals surface area contributed by atoms with Crippen molar-refractivity contribution in [1.82, 2.24) is 9.97 Å². The third-order valence-corrected chi connectivity index (χ3v) is 1.93. The number of aromatic amines is 1. The molecular weight excluding hydrogens is 189 g/mol. The number of nitrogens with one attached hydrogen (secondary N) is 1. The van der Waals surface area contributed by atoms with E-state index in [1.165, 1.54) is 18.0 Å². The number of alkyl halides is 3. The van der Waals surface area contributed by atoms with E-state index in [9.17, 15) is 13.2 Å². The highest BCUT2D eigenvalue weighted by atomic mass is 32.2. The van der Waals surface area contributed by atoms with Gasteiger partial charge >= 0.3 is 6.18 Å². The maximum absolute atomic E-state index is 11.9. The molecule has 1 aromatic heterocycles. The SMILES string of the molecule is CCSc1cnc(C(F)(F)F)[nH]1. The molecule has 1 N–H and O–H groups in total. The van der Waals surface area contributed by atoms with Gasteiger partial charge in [-0.3, -0.25) is 0 Å². The van der Waals surface area contributed by atoms with Crippen molar-refractivity contribution in [2.45, 2.75) is 18.1 Å². The van der Waals surface area contributed by atoms with E-state index < -0.39 is 12.0 Å². The molecule has 0 saturated carbocycles. The Bertz CT molecular complexity index is 256. The number of nitrogens with zero attached hydrogens (tertiary/aromatic N) is 1. The highest BCUT2D eigenvalue weighted by molar-refractivity contribution is 7.99. The van der Waals surface area contributed by atoms with E-state index in [4.69, 9.17) is 0 Å². The van der Waals surface area contributed by atoms with Gasteiger partial charge in [-0.1, -0.05) is 6.92 Å². The highest BCUT2D eigenvalue weighted by Gasteiger charge is 2.34. The number of rotatable bonds is 2. The van der Waals surface area contributed by atoms with Crippen molar-refractivity contribution in [2.75, 3.05) is 5.75 Å². The quantitative estimate of drug-likeness (QED) is 0.736. The zero-order chi connectivity index (χ0) is 9.19. The third-order valence-electron chi connectivity index (χ3n) is 1.12. The van der Waals surface area contributed by atoms with Crippen molar-refractivity contribution in [3.63, 3.8) is 0 Å². The molecule has 6 heteroatoms. The zero-order valence-corrected chi connectivity index (χ0v) is 7.09. The fraction of sp³-hybridized carbons (Fsp3) is 0.500. The molecule has 0 bridgehead atoms. The molecule has 0 fully saturated rings. The smallest absolute Gasteiger partial charge is 0.330 e. The topological polar surface area (TPSA) is 28.7 Å². The summed E-state index contributed by atoms with van der Waals surface area (Å²) >= 11 is 1.29. The van der Waals surface area contributed by atoms with Crippen LogP contribution in [-0.2, 0) is 6.18 Å². The first-order valence-corrected chi connectivity index (χ1v) is 4.27. The van der Waals surface area contributed by atoms with Gasteiger partial charge in [-0.15, -0.1) is 11.8 Å². The van der Waals surface area contributed by atoms with Gasteiger partial charge in [0.25, 0.3) is 0 Å². The Hall–Kier alpha value is -0.650. The number of aromatic nitrogens is 2. The lowest BCUT2D eigenvalue weighted by molar-refractivity contribution is -0.144. The van der Waals surface area contributed by atoms with Crippen LogP contribution in [0.25, 0.3) is 0 Å². The molecule has 0 atom stereocenters. The van der Waals surface area contributed by atoms with E-state index in [2.05, 4.69) is 9.97 Å². The van der Waals surface area contributed by atoms with Crippen molar-refractivity contribution >= 4 is 11.8 Å². The van der Waals surface area contributed by atoms with Crippen molar-refractivity contribution in [1.29, 1.82) is 0 Å². The summed E-state index contributed by atoms with van der Waals surface area (Å²) in [4.78, 5) is 5.39. The van der Waals surface area contributed by atoms with Crippen molar-refractivity contribution in [3.8, 4) is 0 Å². The normalized spacial score (nSPS) is 12.0. The van der Waals surface area contributed by atoms with Crippen LogP contribution in [0.15, 0.2) is 11.2 Å². The minimum Gasteiger partial charge on any atom is -0.330 e. The van der Waals surface area contributed by atoms with Crippen LogP contribution in [0.1, 0.15) is 12.7 Å². The zero-order valence-electron chi connectivity index (χ0n) is 6.27. The van der Waals surface area contributed by atoms with Crippen LogP contribution in [-0.4, -0.2) is 15.7 Å². The molecule has 0 aliphatic carbocycles. The summed E-state index contributed by atoms with van der Waals surface area (Å²) in [6.45, 7) is 1.86. The summed E-state index contributed by atoms with van der Waals surface area (Å²) in [6.07, 6.45) is -3.18. The summed E-state index contributed by atoms with van der Waals surface area (Å²) < 4.78 is 35.8. The summed E-state index contributed by atoms with van der Waals surface area (Å²) in [5, 5.41) is 0.449. The van der Waals surface area contributed by atoms with Gasteiger partial charge in [0, 0.05) is 0 Å². The van der Waals surface area contributed by atoms with Gasteiger partial charge in [-0.2, -0.15) is 13.2 Å². The van der Waals surface area contributed by atoms with Gasteiger partial charge in [0.15, 0.2) is 0 Å². The number of hydrogen-bond donors (Lipinski definition) is 1. The summed E-state index contributed by atoms with van der Waals surface area (Å²) in [6, 6.07) is 0. The number of H-pyrrole nitrogens is 1. The average Bonchev–Trinajstić information content (AvgIpc) is 2.35. The molecule has 12 heavy (non-hydrogen) atoms. The molecule has 0 amide bonds. The van der Waals surface area contributed by atoms with Gasteiger partial charge in [0.2, 0.25) is 5.82 Å². The second kappa shape index (κ2) is 3.38. The van der Waals surface area contributed by atoms with Crippen LogP contribution in [0.3, 0.4) is 0 Å². The second-order valence-electron chi connectivity index (χ2n) is 2.03.